The second-order valence-corrected chi connectivity index (χ2v) is 14.1. The summed E-state index contributed by atoms with van der Waals surface area (Å²) in [5.74, 6) is -1.13. The number of aromatic nitrogens is 4. The molecule has 0 aliphatic carbocycles. The molecule has 5 rings (SSSR count). The third kappa shape index (κ3) is 10.2. The normalized spacial score (nSPS) is 21.4. The molecule has 2 aromatic heterocycles. The highest BCUT2D eigenvalue weighted by molar-refractivity contribution is 7.50. The van der Waals surface area contributed by atoms with Crippen LogP contribution in [-0.2, 0) is 48.9 Å². The molecule has 1 fully saturated rings. The third-order valence-electron chi connectivity index (χ3n) is 8.01. The molecule has 0 bridgehead atoms. The van der Waals surface area contributed by atoms with Gasteiger partial charge in [0.2, 0.25) is 0 Å². The maximum absolute atomic E-state index is 13.1. The first-order valence-electron chi connectivity index (χ1n) is 16.6. The van der Waals surface area contributed by atoms with Gasteiger partial charge in [-0.25, -0.2) is 29.4 Å². The van der Waals surface area contributed by atoms with Crippen LogP contribution in [0.15, 0.2) is 73.3 Å². The number of rotatable bonds is 17. The summed E-state index contributed by atoms with van der Waals surface area (Å²) in [5.41, 5.74) is -0.0844. The van der Waals surface area contributed by atoms with E-state index in [1.54, 1.807) is 51.1 Å². The lowest BCUT2D eigenvalue weighted by Crippen LogP contribution is -2.49. The fraction of sp³-hybridized carbons (Fsp3) is 0.412. The number of carbonyl (C=O) groups is 3. The van der Waals surface area contributed by atoms with Crippen LogP contribution in [0.5, 0.6) is 0 Å². The Balaban J connectivity index is 1.46. The van der Waals surface area contributed by atoms with Crippen LogP contribution in [0.4, 0.5) is 10.6 Å². The van der Waals surface area contributed by atoms with Crippen LogP contribution in [0, 0.1) is 0 Å². The van der Waals surface area contributed by atoms with Gasteiger partial charge in [0.05, 0.1) is 25.6 Å². The predicted octanol–water partition coefficient (Wildman–Crippen LogP) is 4.69. The molecule has 4 aromatic rings. The van der Waals surface area contributed by atoms with E-state index in [9.17, 15) is 23.8 Å². The van der Waals surface area contributed by atoms with Gasteiger partial charge in [-0.05, 0) is 45.4 Å². The molecular weight excluding hydrogens is 751 g/mol. The van der Waals surface area contributed by atoms with Gasteiger partial charge in [-0.2, -0.15) is 0 Å². The number of nitrogens with zero attached hydrogens (tertiary/aromatic N) is 4. The van der Waals surface area contributed by atoms with Crippen molar-refractivity contribution in [3.63, 3.8) is 0 Å². The number of halogens is 1. The molecule has 2 aromatic carbocycles. The zero-order valence-electron chi connectivity index (χ0n) is 29.7. The van der Waals surface area contributed by atoms with Crippen molar-refractivity contribution >= 4 is 54.4 Å². The van der Waals surface area contributed by atoms with E-state index >= 15 is 0 Å². The maximum atomic E-state index is 13.1. The van der Waals surface area contributed by atoms with Crippen LogP contribution < -0.4 is 10.4 Å². The molecule has 3 unspecified atom stereocenters. The lowest BCUT2D eigenvalue weighted by molar-refractivity contribution is -0.198. The topological polar surface area (TPSA) is 221 Å². The fourth-order valence-electron chi connectivity index (χ4n) is 5.51. The summed E-state index contributed by atoms with van der Waals surface area (Å²) < 4.78 is 54.0. The average Bonchev–Trinajstić information content (AvgIpc) is 3.68. The minimum atomic E-state index is -4.71. The van der Waals surface area contributed by atoms with Crippen LogP contribution in [0.2, 0.25) is 0 Å². The van der Waals surface area contributed by atoms with Crippen molar-refractivity contribution in [2.75, 3.05) is 24.8 Å². The standard InChI is InChI=1S/C34H40ClN6O12P/c1-21(2)51-31(43)22(3)40-54(45,46)50-16-25-27(53-33(44)48-17-35)34(4,49-20-47-15-23-11-7-5-8-12-23)32(52-25)41-19-38-26-28(36-18-37-29(26)41)39-30(42)24-13-9-6-10-14-24/h5-14,18-19,21-22,25,27,32H,15-17,20H2,1-4H3,(H2,40,45,46)(H,36,37,39,42)/t22?,25-,27?,32-,34+/m1/s1. The summed E-state index contributed by atoms with van der Waals surface area (Å²) in [5, 5.41) is 4.96. The number of alkyl halides is 1. The Labute approximate surface area is 314 Å². The van der Waals surface area contributed by atoms with E-state index in [1.807, 2.05) is 30.3 Å². The highest BCUT2D eigenvalue weighted by Gasteiger charge is 2.59. The highest BCUT2D eigenvalue weighted by atomic mass is 35.5. The molecule has 1 aliphatic rings. The van der Waals surface area contributed by atoms with Crippen molar-refractivity contribution in [2.45, 2.75) is 70.5 Å². The van der Waals surface area contributed by atoms with Crippen LogP contribution >= 0.6 is 19.3 Å². The SMILES string of the molecule is CC(C)OC(=O)C(C)NP(=O)(O)OC[C@H]1O[C@@H](n2cnc3c(NC(=O)c4ccccc4)ncnc32)[C@@](C)(OCOCc2ccccc2)C1OC(=O)OCCl. The third-order valence-corrected chi connectivity index (χ3v) is 9.33. The molecule has 20 heteroatoms. The first kappa shape index (κ1) is 40.7. The molecule has 54 heavy (non-hydrogen) atoms. The van der Waals surface area contributed by atoms with Gasteiger partial charge in [0.25, 0.3) is 5.91 Å². The maximum Gasteiger partial charge on any atom is 0.509 e. The van der Waals surface area contributed by atoms with Gasteiger partial charge >= 0.3 is 19.9 Å². The van der Waals surface area contributed by atoms with Crippen LogP contribution in [-0.4, -0.2) is 91.9 Å². The van der Waals surface area contributed by atoms with Crippen LogP contribution in [0.3, 0.4) is 0 Å². The molecular formula is C34H40ClN6O12P. The Morgan fingerprint density at radius 3 is 2.44 bits per heavy atom. The summed E-state index contributed by atoms with van der Waals surface area (Å²) in [4.78, 5) is 61.8. The minimum Gasteiger partial charge on any atom is -0.462 e. The molecule has 1 saturated heterocycles. The number of imidazole rings is 1. The van der Waals surface area contributed by atoms with Crippen molar-refractivity contribution in [1.29, 1.82) is 0 Å². The van der Waals surface area contributed by atoms with E-state index in [2.05, 4.69) is 25.4 Å². The van der Waals surface area contributed by atoms with E-state index in [4.69, 9.17) is 44.5 Å². The van der Waals surface area contributed by atoms with Crippen molar-refractivity contribution < 1.29 is 56.8 Å². The molecule has 6 atom stereocenters. The molecule has 0 saturated carbocycles. The predicted molar refractivity (Wildman–Crippen MR) is 191 cm³/mol. The van der Waals surface area contributed by atoms with E-state index in [0.29, 0.717) is 5.56 Å². The Morgan fingerprint density at radius 2 is 1.76 bits per heavy atom. The Morgan fingerprint density at radius 1 is 1.06 bits per heavy atom. The monoisotopic (exact) mass is 790 g/mol. The lowest BCUT2D eigenvalue weighted by Gasteiger charge is -2.34. The van der Waals surface area contributed by atoms with E-state index in [-0.39, 0.29) is 30.4 Å². The number of ether oxygens (including phenoxy) is 6. The number of hydrogen-bond acceptors (Lipinski definition) is 14. The zero-order valence-corrected chi connectivity index (χ0v) is 31.3. The van der Waals surface area contributed by atoms with Gasteiger partial charge in [-0.1, -0.05) is 60.1 Å². The Hall–Kier alpha value is -4.52. The molecule has 18 nitrogen and oxygen atoms in total. The first-order valence-corrected chi connectivity index (χ1v) is 18.7. The number of fused-ring (bicyclic) bond motifs is 1. The molecule has 1 aliphatic heterocycles. The number of benzene rings is 2. The number of anilines is 1. The van der Waals surface area contributed by atoms with Crippen molar-refractivity contribution in [1.82, 2.24) is 24.6 Å². The lowest BCUT2D eigenvalue weighted by atomic mass is 9.95. The summed E-state index contributed by atoms with van der Waals surface area (Å²) in [6.07, 6.45) is -3.10. The Kier molecular flexibility index (Phi) is 13.7. The molecule has 290 valence electrons. The molecule has 3 N–H and O–H groups in total. The number of carbonyl (C=O) groups excluding carboxylic acids is 3. The van der Waals surface area contributed by atoms with Crippen LogP contribution in [0.1, 0.15) is 49.8 Å². The molecule has 3 heterocycles. The van der Waals surface area contributed by atoms with Gasteiger partial charge in [0, 0.05) is 5.56 Å². The summed E-state index contributed by atoms with van der Waals surface area (Å²) in [6.45, 7) is 5.28. The molecule has 0 spiro atoms. The average molecular weight is 791 g/mol. The summed E-state index contributed by atoms with van der Waals surface area (Å²) in [7, 11) is -4.71. The summed E-state index contributed by atoms with van der Waals surface area (Å²) in [6, 6.07) is 16.0. The number of nitrogens with one attached hydrogen (secondary N) is 2. The summed E-state index contributed by atoms with van der Waals surface area (Å²) >= 11 is 5.64. The largest absolute Gasteiger partial charge is 0.509 e. The van der Waals surface area contributed by atoms with Crippen molar-refractivity contribution in [3.8, 4) is 0 Å². The van der Waals surface area contributed by atoms with Crippen molar-refractivity contribution in [3.05, 3.63) is 84.4 Å². The van der Waals surface area contributed by atoms with Gasteiger partial charge in [0.1, 0.15) is 25.3 Å². The zero-order chi connectivity index (χ0) is 38.9. The van der Waals surface area contributed by atoms with Gasteiger partial charge < -0.3 is 38.6 Å². The first-order chi connectivity index (χ1) is 25.8. The van der Waals surface area contributed by atoms with Crippen molar-refractivity contribution in [2.24, 2.45) is 0 Å². The smallest absolute Gasteiger partial charge is 0.462 e. The number of hydrogen-bond donors (Lipinski definition) is 3. The fourth-order valence-corrected chi connectivity index (χ4v) is 6.62. The second kappa shape index (κ2) is 18.2. The van der Waals surface area contributed by atoms with Crippen LogP contribution in [0.25, 0.3) is 11.2 Å². The highest BCUT2D eigenvalue weighted by Crippen LogP contribution is 2.46. The molecule has 0 radical (unpaired) electrons. The number of amides is 1. The van der Waals surface area contributed by atoms with E-state index < -0.39 is 74.6 Å². The molecule has 1 amide bonds. The van der Waals surface area contributed by atoms with E-state index in [1.165, 1.54) is 24.1 Å². The van der Waals surface area contributed by atoms with Gasteiger partial charge in [-0.15, -0.1) is 0 Å². The quantitative estimate of drug-likeness (QED) is 0.0434. The van der Waals surface area contributed by atoms with E-state index in [0.717, 1.165) is 5.56 Å². The Bertz CT molecular complexity index is 1940. The van der Waals surface area contributed by atoms with Gasteiger partial charge in [-0.3, -0.25) is 18.7 Å². The second-order valence-electron chi connectivity index (χ2n) is 12.4. The number of esters is 1. The minimum absolute atomic E-state index is 0.0928. The van der Waals surface area contributed by atoms with Gasteiger partial charge in [0.15, 0.2) is 41.0 Å².